The molecule has 82 valence electrons. The van der Waals surface area contributed by atoms with Crippen molar-refractivity contribution in [3.05, 3.63) is 0 Å². The molecule has 0 unspecified atom stereocenters. The lowest BCUT2D eigenvalue weighted by atomic mass is 9.99. The molecule has 1 saturated heterocycles. The molecule has 0 atom stereocenters. The van der Waals surface area contributed by atoms with Crippen LogP contribution in [0.2, 0.25) is 0 Å². The number of amides is 1. The number of carbonyl (C=O) groups is 1. The minimum Gasteiger partial charge on any atom is -0.340 e. The third kappa shape index (κ3) is 2.70. The summed E-state index contributed by atoms with van der Waals surface area (Å²) in [5.74, 6) is 0.267. The summed E-state index contributed by atoms with van der Waals surface area (Å²) in [6.45, 7) is 7.04. The molecule has 0 aromatic carbocycles. The second-order valence-electron chi connectivity index (χ2n) is 4.49. The molecule has 1 amide bonds. The number of halogens is 1. The average molecular weight is 263 g/mol. The number of carbonyl (C=O) groups excluding carboxylic acids is 1. The van der Waals surface area contributed by atoms with E-state index in [0.29, 0.717) is 6.42 Å². The monoisotopic (exact) mass is 262 g/mol. The first-order valence-electron chi connectivity index (χ1n) is 5.02. The Kier molecular flexibility index (Phi) is 3.95. The zero-order valence-electron chi connectivity index (χ0n) is 9.22. The van der Waals surface area contributed by atoms with Crippen LogP contribution in [-0.2, 0) is 4.79 Å². The molecule has 0 radical (unpaired) electrons. The summed E-state index contributed by atoms with van der Waals surface area (Å²) in [6.07, 6.45) is 0.611. The summed E-state index contributed by atoms with van der Waals surface area (Å²) in [5.41, 5.74) is 0.111. The quantitative estimate of drug-likeness (QED) is 0.702. The molecule has 1 rings (SSSR count). The van der Waals surface area contributed by atoms with E-state index in [-0.39, 0.29) is 11.4 Å². The average Bonchev–Trinajstić information content (AvgIpc) is 2.10. The summed E-state index contributed by atoms with van der Waals surface area (Å²) in [7, 11) is 2.12. The van der Waals surface area contributed by atoms with Crippen molar-refractivity contribution < 1.29 is 4.79 Å². The fourth-order valence-electron chi connectivity index (χ4n) is 1.69. The molecule has 0 spiro atoms. The van der Waals surface area contributed by atoms with Crippen LogP contribution >= 0.6 is 15.9 Å². The Balaban J connectivity index is 2.55. The van der Waals surface area contributed by atoms with Crippen LogP contribution in [0, 0.1) is 0 Å². The Labute approximate surface area is 94.6 Å². The van der Waals surface area contributed by atoms with Crippen LogP contribution in [0.1, 0.15) is 20.3 Å². The number of hydrogen-bond acceptors (Lipinski definition) is 2. The van der Waals surface area contributed by atoms with Crippen LogP contribution in [0.25, 0.3) is 0 Å². The normalized spacial score (nSPS) is 22.4. The van der Waals surface area contributed by atoms with Crippen molar-refractivity contribution in [1.82, 2.24) is 9.80 Å². The molecular weight excluding hydrogens is 244 g/mol. The van der Waals surface area contributed by atoms with Gasteiger partial charge in [-0.3, -0.25) is 9.69 Å². The van der Waals surface area contributed by atoms with Gasteiger partial charge < -0.3 is 4.90 Å². The minimum atomic E-state index is 0.111. The molecule has 0 aromatic rings. The highest BCUT2D eigenvalue weighted by molar-refractivity contribution is 9.09. The number of likely N-dealkylation sites (N-methyl/N-ethyl adjacent to an activating group) is 1. The number of rotatable bonds is 2. The van der Waals surface area contributed by atoms with Gasteiger partial charge in [0, 0.05) is 36.9 Å². The highest BCUT2D eigenvalue weighted by Crippen LogP contribution is 2.19. The van der Waals surface area contributed by atoms with Gasteiger partial charge in [-0.1, -0.05) is 15.9 Å². The van der Waals surface area contributed by atoms with E-state index >= 15 is 0 Å². The first-order valence-corrected chi connectivity index (χ1v) is 6.14. The summed E-state index contributed by atoms with van der Waals surface area (Å²) in [4.78, 5) is 16.0. The molecule has 0 bridgehead atoms. The Bertz CT molecular complexity index is 218. The van der Waals surface area contributed by atoms with Gasteiger partial charge in [-0.15, -0.1) is 0 Å². The van der Waals surface area contributed by atoms with Gasteiger partial charge in [0.2, 0.25) is 5.91 Å². The lowest BCUT2D eigenvalue weighted by Crippen LogP contribution is -2.58. The second-order valence-corrected chi connectivity index (χ2v) is 5.28. The highest BCUT2D eigenvalue weighted by atomic mass is 79.9. The number of hydrogen-bond donors (Lipinski definition) is 0. The number of alkyl halides is 1. The van der Waals surface area contributed by atoms with Gasteiger partial charge in [-0.05, 0) is 20.9 Å². The zero-order chi connectivity index (χ0) is 10.8. The lowest BCUT2D eigenvalue weighted by molar-refractivity contribution is -0.135. The number of nitrogens with zero attached hydrogens (tertiary/aromatic N) is 2. The van der Waals surface area contributed by atoms with Crippen molar-refractivity contribution >= 4 is 21.8 Å². The third-order valence-corrected chi connectivity index (χ3v) is 3.37. The largest absolute Gasteiger partial charge is 0.340 e. The van der Waals surface area contributed by atoms with Crippen molar-refractivity contribution in [1.29, 1.82) is 0 Å². The van der Waals surface area contributed by atoms with Gasteiger partial charge in [0.1, 0.15) is 0 Å². The molecule has 1 fully saturated rings. The summed E-state index contributed by atoms with van der Waals surface area (Å²) in [5, 5.41) is 0.763. The smallest absolute Gasteiger partial charge is 0.223 e. The van der Waals surface area contributed by atoms with Gasteiger partial charge in [0.25, 0.3) is 0 Å². The third-order valence-electron chi connectivity index (χ3n) is 2.98. The maximum atomic E-state index is 11.7. The standard InChI is InChI=1S/C10H19BrN2O/c1-10(2)8-13(7-6-12(10)3)9(14)4-5-11/h4-8H2,1-3H3. The molecule has 0 N–H and O–H groups in total. The molecule has 1 heterocycles. The Morgan fingerprint density at radius 1 is 1.43 bits per heavy atom. The molecule has 1 aliphatic heterocycles. The topological polar surface area (TPSA) is 23.6 Å². The van der Waals surface area contributed by atoms with E-state index in [1.807, 2.05) is 4.90 Å². The first-order chi connectivity index (χ1) is 6.47. The molecule has 0 saturated carbocycles. The maximum Gasteiger partial charge on any atom is 0.223 e. The Morgan fingerprint density at radius 2 is 2.07 bits per heavy atom. The van der Waals surface area contributed by atoms with Gasteiger partial charge in [0.15, 0.2) is 0 Å². The fourth-order valence-corrected chi connectivity index (χ4v) is 2.03. The van der Waals surface area contributed by atoms with Gasteiger partial charge in [-0.2, -0.15) is 0 Å². The fraction of sp³-hybridized carbons (Fsp3) is 0.900. The zero-order valence-corrected chi connectivity index (χ0v) is 10.8. The van der Waals surface area contributed by atoms with Gasteiger partial charge >= 0.3 is 0 Å². The van der Waals surface area contributed by atoms with Crippen molar-refractivity contribution in [3.63, 3.8) is 0 Å². The van der Waals surface area contributed by atoms with E-state index in [9.17, 15) is 4.79 Å². The van der Waals surface area contributed by atoms with Crippen molar-refractivity contribution in [2.75, 3.05) is 32.0 Å². The molecule has 0 aliphatic carbocycles. The van der Waals surface area contributed by atoms with Crippen LogP contribution in [0.4, 0.5) is 0 Å². The maximum absolute atomic E-state index is 11.7. The van der Waals surface area contributed by atoms with Crippen LogP contribution in [0.5, 0.6) is 0 Å². The summed E-state index contributed by atoms with van der Waals surface area (Å²) in [6, 6.07) is 0. The van der Waals surface area contributed by atoms with Crippen LogP contribution in [0.15, 0.2) is 0 Å². The predicted octanol–water partition coefficient (Wildman–Crippen LogP) is 1.32. The van der Waals surface area contributed by atoms with Crippen LogP contribution < -0.4 is 0 Å². The van der Waals surface area contributed by atoms with E-state index in [1.54, 1.807) is 0 Å². The molecule has 0 aromatic heterocycles. The van der Waals surface area contributed by atoms with Gasteiger partial charge in [0.05, 0.1) is 0 Å². The predicted molar refractivity (Wildman–Crippen MR) is 61.7 cm³/mol. The van der Waals surface area contributed by atoms with Crippen LogP contribution in [0.3, 0.4) is 0 Å². The van der Waals surface area contributed by atoms with E-state index in [0.717, 1.165) is 25.0 Å². The molecule has 4 heteroatoms. The van der Waals surface area contributed by atoms with Crippen molar-refractivity contribution in [2.45, 2.75) is 25.8 Å². The van der Waals surface area contributed by atoms with Crippen molar-refractivity contribution in [2.24, 2.45) is 0 Å². The SMILES string of the molecule is CN1CCN(C(=O)CCBr)CC1(C)C. The van der Waals surface area contributed by atoms with Gasteiger partial charge in [-0.25, -0.2) is 0 Å². The Hall–Kier alpha value is -0.0900. The Morgan fingerprint density at radius 3 is 2.57 bits per heavy atom. The second kappa shape index (κ2) is 4.62. The minimum absolute atomic E-state index is 0.111. The van der Waals surface area contributed by atoms with E-state index in [2.05, 4.69) is 41.7 Å². The molecule has 1 aliphatic rings. The van der Waals surface area contributed by atoms with Crippen molar-refractivity contribution in [3.8, 4) is 0 Å². The van der Waals surface area contributed by atoms with E-state index in [4.69, 9.17) is 0 Å². The molecule has 14 heavy (non-hydrogen) atoms. The molecule has 3 nitrogen and oxygen atoms in total. The summed E-state index contributed by atoms with van der Waals surface area (Å²) < 4.78 is 0. The highest BCUT2D eigenvalue weighted by Gasteiger charge is 2.32. The van der Waals surface area contributed by atoms with Crippen LogP contribution in [-0.4, -0.2) is 53.3 Å². The van der Waals surface area contributed by atoms with E-state index < -0.39 is 0 Å². The lowest BCUT2D eigenvalue weighted by Gasteiger charge is -2.45. The number of piperazine rings is 1. The molecular formula is C10H19BrN2O. The summed E-state index contributed by atoms with van der Waals surface area (Å²) >= 11 is 3.30. The first kappa shape index (κ1) is 12.0. The van der Waals surface area contributed by atoms with E-state index in [1.165, 1.54) is 0 Å².